The maximum Gasteiger partial charge on any atom is 0.264 e. The highest BCUT2D eigenvalue weighted by Crippen LogP contribution is 2.28. The van der Waals surface area contributed by atoms with Crippen LogP contribution in [0.4, 0.5) is 16.0 Å². The van der Waals surface area contributed by atoms with Crippen LogP contribution in [0.5, 0.6) is 11.5 Å². The van der Waals surface area contributed by atoms with Crippen LogP contribution in [0.3, 0.4) is 0 Å². The Hall–Kier alpha value is -4.86. The van der Waals surface area contributed by atoms with Crippen LogP contribution in [0.15, 0.2) is 66.5 Å². The summed E-state index contributed by atoms with van der Waals surface area (Å²) in [6.07, 6.45) is 4.69. The van der Waals surface area contributed by atoms with Crippen molar-refractivity contribution in [3.8, 4) is 17.6 Å². The molecule has 0 radical (unpaired) electrons. The van der Waals surface area contributed by atoms with Gasteiger partial charge in [-0.2, -0.15) is 5.26 Å². The van der Waals surface area contributed by atoms with Gasteiger partial charge in [0.1, 0.15) is 46.9 Å². The lowest BCUT2D eigenvalue weighted by molar-refractivity contribution is -0.128. The summed E-state index contributed by atoms with van der Waals surface area (Å²) in [5, 5.41) is 22.0. The molecule has 4 N–H and O–H groups in total. The Labute approximate surface area is 268 Å². The topological polar surface area (TPSA) is 153 Å². The number of ether oxygens (including phenoxy) is 2. The van der Waals surface area contributed by atoms with E-state index in [0.29, 0.717) is 50.2 Å². The standard InChI is InChI=1S/C34H39FN8O3/c1-34(2,43-13-15-45-16-14-43)18-24(19-36)33(44)42-12-6-7-23(21-42)20-39-32-29(31(38)40-22-41-32)30(37)27-11-10-26(17-28(27)35)46-25-8-4-3-5-9-25/h3-5,8-11,17-18,22-23,37H,6-7,12-16,20-21H2,1-2H3,(H3,38,39,40,41)/b24-18+,37-30?/t23-/m0/s1. The number of carbonyl (C=O) groups excluding carboxylic acids is 1. The van der Waals surface area contributed by atoms with Crippen LogP contribution in [-0.2, 0) is 9.53 Å². The van der Waals surface area contributed by atoms with E-state index in [-0.39, 0.29) is 40.1 Å². The van der Waals surface area contributed by atoms with Crippen molar-refractivity contribution >= 4 is 23.3 Å². The lowest BCUT2D eigenvalue weighted by Gasteiger charge is -2.39. The first-order chi connectivity index (χ1) is 22.2. The zero-order valence-electron chi connectivity index (χ0n) is 26.1. The molecule has 12 heteroatoms. The van der Waals surface area contributed by atoms with E-state index in [0.717, 1.165) is 25.9 Å². The number of nitrogen functional groups attached to an aromatic ring is 1. The number of amides is 1. The molecular formula is C34H39FN8O3. The molecule has 2 aromatic carbocycles. The second-order valence-corrected chi connectivity index (χ2v) is 12.0. The third-order valence-electron chi connectivity index (χ3n) is 8.35. The molecule has 240 valence electrons. The van der Waals surface area contributed by atoms with Gasteiger partial charge in [-0.3, -0.25) is 15.1 Å². The number of rotatable bonds is 10. The number of halogens is 1. The minimum Gasteiger partial charge on any atom is -0.457 e. The number of anilines is 2. The van der Waals surface area contributed by atoms with Gasteiger partial charge in [-0.1, -0.05) is 18.2 Å². The van der Waals surface area contributed by atoms with E-state index >= 15 is 4.39 Å². The van der Waals surface area contributed by atoms with Crippen molar-refractivity contribution in [2.75, 3.05) is 57.0 Å². The summed E-state index contributed by atoms with van der Waals surface area (Å²) < 4.78 is 26.4. The van der Waals surface area contributed by atoms with Crippen molar-refractivity contribution < 1.29 is 18.7 Å². The third-order valence-corrected chi connectivity index (χ3v) is 8.35. The molecule has 0 saturated carbocycles. The molecule has 2 aliphatic heterocycles. The van der Waals surface area contributed by atoms with Crippen LogP contribution >= 0.6 is 0 Å². The summed E-state index contributed by atoms with van der Waals surface area (Å²) in [4.78, 5) is 25.8. The molecule has 2 saturated heterocycles. The van der Waals surface area contributed by atoms with Crippen molar-refractivity contribution in [1.82, 2.24) is 19.8 Å². The monoisotopic (exact) mass is 626 g/mol. The molecule has 2 aliphatic rings. The average molecular weight is 627 g/mol. The average Bonchev–Trinajstić information content (AvgIpc) is 3.07. The predicted molar refractivity (Wildman–Crippen MR) is 173 cm³/mol. The molecule has 1 amide bonds. The Balaban J connectivity index is 1.26. The van der Waals surface area contributed by atoms with Crippen LogP contribution < -0.4 is 15.8 Å². The molecule has 0 aliphatic carbocycles. The number of nitrogens with zero attached hydrogens (tertiary/aromatic N) is 5. The summed E-state index contributed by atoms with van der Waals surface area (Å²) in [6, 6.07) is 15.4. The van der Waals surface area contributed by atoms with E-state index in [2.05, 4.69) is 26.3 Å². The largest absolute Gasteiger partial charge is 0.457 e. The van der Waals surface area contributed by atoms with E-state index in [4.69, 9.17) is 20.6 Å². The summed E-state index contributed by atoms with van der Waals surface area (Å²) >= 11 is 0. The number of nitrogens with two attached hydrogens (primary N) is 1. The molecule has 46 heavy (non-hydrogen) atoms. The number of nitrogens with one attached hydrogen (secondary N) is 2. The molecule has 11 nitrogen and oxygen atoms in total. The van der Waals surface area contributed by atoms with Crippen molar-refractivity contribution in [2.24, 2.45) is 5.92 Å². The first kappa shape index (κ1) is 32.5. The van der Waals surface area contributed by atoms with E-state index in [1.165, 1.54) is 18.5 Å². The summed E-state index contributed by atoms with van der Waals surface area (Å²) in [6.45, 7) is 8.18. The minimum absolute atomic E-state index is 0.0234. The highest BCUT2D eigenvalue weighted by Gasteiger charge is 2.31. The Morgan fingerprint density at radius 2 is 1.96 bits per heavy atom. The number of carbonyl (C=O) groups is 1. The number of benzene rings is 2. The van der Waals surface area contributed by atoms with Crippen molar-refractivity contribution in [1.29, 1.82) is 10.7 Å². The number of likely N-dealkylation sites (tertiary alicyclic amines) is 1. The highest BCUT2D eigenvalue weighted by atomic mass is 19.1. The molecule has 0 spiro atoms. The number of para-hydroxylation sites is 1. The smallest absolute Gasteiger partial charge is 0.264 e. The van der Waals surface area contributed by atoms with E-state index < -0.39 is 11.4 Å². The van der Waals surface area contributed by atoms with Crippen LogP contribution in [0.2, 0.25) is 0 Å². The van der Waals surface area contributed by atoms with Crippen LogP contribution in [0.1, 0.15) is 37.8 Å². The summed E-state index contributed by atoms with van der Waals surface area (Å²) in [5.74, 6) is 0.329. The van der Waals surface area contributed by atoms with Crippen molar-refractivity contribution in [3.05, 3.63) is 83.5 Å². The normalized spacial score (nSPS) is 17.7. The van der Waals surface area contributed by atoms with E-state index in [1.807, 2.05) is 32.0 Å². The lowest BCUT2D eigenvalue weighted by Crippen LogP contribution is -2.49. The highest BCUT2D eigenvalue weighted by molar-refractivity contribution is 6.16. The van der Waals surface area contributed by atoms with E-state index in [9.17, 15) is 10.1 Å². The molecular weight excluding hydrogens is 587 g/mol. The predicted octanol–water partition coefficient (Wildman–Crippen LogP) is 4.62. The van der Waals surface area contributed by atoms with Crippen LogP contribution in [-0.4, -0.2) is 82.9 Å². The van der Waals surface area contributed by atoms with Gasteiger partial charge in [0.2, 0.25) is 0 Å². The zero-order chi connectivity index (χ0) is 32.7. The first-order valence-corrected chi connectivity index (χ1v) is 15.4. The maximum absolute atomic E-state index is 15.3. The second kappa shape index (κ2) is 14.5. The Morgan fingerprint density at radius 3 is 2.67 bits per heavy atom. The fraction of sp³-hybridized carbons (Fsp3) is 0.382. The summed E-state index contributed by atoms with van der Waals surface area (Å²) in [7, 11) is 0. The second-order valence-electron chi connectivity index (χ2n) is 12.0. The molecule has 5 rings (SSSR count). The Kier molecular flexibility index (Phi) is 10.2. The van der Waals surface area contributed by atoms with Crippen LogP contribution in [0.25, 0.3) is 0 Å². The van der Waals surface area contributed by atoms with Gasteiger partial charge < -0.3 is 25.4 Å². The number of piperidine rings is 1. The number of aromatic nitrogens is 2. The summed E-state index contributed by atoms with van der Waals surface area (Å²) in [5.41, 5.74) is 5.88. The molecule has 0 bridgehead atoms. The molecule has 0 unspecified atom stereocenters. The molecule has 3 aromatic rings. The molecule has 1 aromatic heterocycles. The van der Waals surface area contributed by atoms with Gasteiger partial charge in [-0.05, 0) is 62.9 Å². The quantitative estimate of drug-likeness (QED) is 0.166. The van der Waals surface area contributed by atoms with Gasteiger partial charge in [0, 0.05) is 49.9 Å². The number of hydrogen-bond acceptors (Lipinski definition) is 10. The van der Waals surface area contributed by atoms with Gasteiger partial charge in [-0.25, -0.2) is 14.4 Å². The van der Waals surface area contributed by atoms with Crippen LogP contribution in [0, 0.1) is 28.5 Å². The fourth-order valence-electron chi connectivity index (χ4n) is 5.85. The van der Waals surface area contributed by atoms with Crippen molar-refractivity contribution in [2.45, 2.75) is 32.2 Å². The van der Waals surface area contributed by atoms with Gasteiger partial charge in [-0.15, -0.1) is 0 Å². The Bertz CT molecular complexity index is 1630. The molecule has 1 atom stereocenters. The fourth-order valence-corrected chi connectivity index (χ4v) is 5.85. The molecule has 3 heterocycles. The van der Waals surface area contributed by atoms with Crippen molar-refractivity contribution in [3.63, 3.8) is 0 Å². The van der Waals surface area contributed by atoms with Gasteiger partial charge in [0.15, 0.2) is 0 Å². The lowest BCUT2D eigenvalue weighted by atomic mass is 9.95. The minimum atomic E-state index is -0.646. The Morgan fingerprint density at radius 1 is 1.20 bits per heavy atom. The number of nitriles is 1. The number of morpholine rings is 1. The third kappa shape index (κ3) is 7.67. The first-order valence-electron chi connectivity index (χ1n) is 15.4. The zero-order valence-corrected chi connectivity index (χ0v) is 26.1. The van der Waals surface area contributed by atoms with E-state index in [1.54, 1.807) is 29.2 Å². The SMILES string of the molecule is CC(C)(/C=C(\C#N)C(=O)N1CCC[C@@H](CNc2ncnc(N)c2C(=N)c2ccc(Oc3ccccc3)cc2F)C1)N1CCOCC1. The molecule has 2 fully saturated rings. The maximum atomic E-state index is 15.3. The van der Waals surface area contributed by atoms with Gasteiger partial charge in [0.05, 0.1) is 24.5 Å². The van der Waals surface area contributed by atoms with Gasteiger partial charge >= 0.3 is 0 Å². The van der Waals surface area contributed by atoms with Gasteiger partial charge in [0.25, 0.3) is 5.91 Å². The number of hydrogen-bond donors (Lipinski definition) is 3.